The molecule has 1 fully saturated rings. The predicted molar refractivity (Wildman–Crippen MR) is 180 cm³/mol. The van der Waals surface area contributed by atoms with E-state index in [2.05, 4.69) is 40.3 Å². The molecular weight excluding hydrogens is 618 g/mol. The lowest BCUT2D eigenvalue weighted by Gasteiger charge is -2.18. The Balaban J connectivity index is 1.30. The van der Waals surface area contributed by atoms with Crippen molar-refractivity contribution in [2.75, 3.05) is 44.0 Å². The quantitative estimate of drug-likeness (QED) is 0.0866. The Morgan fingerprint density at radius 1 is 0.938 bits per heavy atom. The number of pyridine rings is 1. The summed E-state index contributed by atoms with van der Waals surface area (Å²) < 4.78 is 46.3. The van der Waals surface area contributed by atoms with Crippen molar-refractivity contribution in [2.24, 2.45) is 17.3 Å². The number of anilines is 2. The molecule has 4 aromatic rings. The first-order chi connectivity index (χ1) is 23.2. The lowest BCUT2D eigenvalue weighted by molar-refractivity contribution is -0.132. The zero-order chi connectivity index (χ0) is 34.4. The van der Waals surface area contributed by atoms with Crippen LogP contribution in [0.15, 0.2) is 66.9 Å². The number of aromatic nitrogens is 1. The van der Waals surface area contributed by atoms with Crippen LogP contribution in [0.3, 0.4) is 0 Å². The lowest BCUT2D eigenvalue weighted by Crippen LogP contribution is -2.38. The number of hydrogen-bond donors (Lipinski definition) is 2. The summed E-state index contributed by atoms with van der Waals surface area (Å²) in [4.78, 5) is 33.6. The summed E-state index contributed by atoms with van der Waals surface area (Å²) in [6.45, 7) is 9.33. The Kier molecular flexibility index (Phi) is 10.4. The number of fused-ring (bicyclic) bond motifs is 1. The molecule has 3 atom stereocenters. The fourth-order valence-corrected chi connectivity index (χ4v) is 5.92. The van der Waals surface area contributed by atoms with Crippen molar-refractivity contribution in [3.63, 3.8) is 0 Å². The van der Waals surface area contributed by atoms with Crippen LogP contribution in [0.25, 0.3) is 10.9 Å². The van der Waals surface area contributed by atoms with Crippen molar-refractivity contribution >= 4 is 34.1 Å². The molecule has 0 bridgehead atoms. The third-order valence-electron chi connectivity index (χ3n) is 8.80. The SMILES string of the molecule is C#C[C@@H]1[C@@H](C)C1(C(=O)Nc1ccc(F)cc1)C(=O)Nc1ccc(Oc2ccnc3cc(OCCCN(CC)CC)c(OC)cc23)c(F)c1. The molecule has 11 heteroatoms. The number of carbonyl (C=O) groups excluding carboxylic acids is 2. The number of carbonyl (C=O) groups is 2. The molecule has 1 aliphatic carbocycles. The van der Waals surface area contributed by atoms with Crippen LogP contribution in [0.4, 0.5) is 20.2 Å². The standard InChI is InChI=1S/C37H38F2N4O5/c1-6-28-23(4)37(28,35(44)41-25-12-10-24(38)11-13-25)36(45)42-26-14-15-32(29(39)20-26)48-31-16-17-40-30-22-34(33(46-5)21-27(30)31)47-19-9-18-43(7-2)8-3/h1,10-17,20-23,28H,7-9,18-19H2,2-5H3,(H,41,44)(H,42,45)/t23-,28-,37?/m1/s1. The Morgan fingerprint density at radius 3 is 2.25 bits per heavy atom. The first-order valence-electron chi connectivity index (χ1n) is 15.8. The van der Waals surface area contributed by atoms with Gasteiger partial charge in [0.25, 0.3) is 0 Å². The van der Waals surface area contributed by atoms with Gasteiger partial charge in [0.2, 0.25) is 11.8 Å². The maximum atomic E-state index is 15.4. The van der Waals surface area contributed by atoms with Crippen molar-refractivity contribution < 1.29 is 32.6 Å². The second-order valence-corrected chi connectivity index (χ2v) is 11.5. The molecule has 0 aliphatic heterocycles. The number of methoxy groups -OCH3 is 1. The van der Waals surface area contributed by atoms with Gasteiger partial charge in [-0.25, -0.2) is 8.78 Å². The van der Waals surface area contributed by atoms with Gasteiger partial charge >= 0.3 is 0 Å². The van der Waals surface area contributed by atoms with Gasteiger partial charge < -0.3 is 29.7 Å². The molecule has 250 valence electrons. The minimum Gasteiger partial charge on any atom is -0.493 e. The Labute approximate surface area is 278 Å². The van der Waals surface area contributed by atoms with E-state index in [9.17, 15) is 14.0 Å². The average Bonchev–Trinajstić information content (AvgIpc) is 3.71. The van der Waals surface area contributed by atoms with Gasteiger partial charge in [0.15, 0.2) is 23.1 Å². The van der Waals surface area contributed by atoms with Crippen LogP contribution in [0, 0.1) is 41.2 Å². The number of rotatable bonds is 14. The molecule has 9 nitrogen and oxygen atoms in total. The van der Waals surface area contributed by atoms with Crippen LogP contribution in [-0.2, 0) is 9.59 Å². The molecule has 0 saturated heterocycles. The van der Waals surface area contributed by atoms with Gasteiger partial charge in [-0.1, -0.05) is 20.8 Å². The first kappa shape index (κ1) is 34.1. The lowest BCUT2D eigenvalue weighted by atomic mass is 9.99. The summed E-state index contributed by atoms with van der Waals surface area (Å²) in [5, 5.41) is 5.87. The highest BCUT2D eigenvalue weighted by Gasteiger charge is 2.71. The molecule has 5 rings (SSSR count). The number of halogens is 2. The summed E-state index contributed by atoms with van der Waals surface area (Å²) in [5.74, 6) is 0.1000. The molecule has 2 amide bonds. The summed E-state index contributed by atoms with van der Waals surface area (Å²) in [6.07, 6.45) is 8.06. The average molecular weight is 657 g/mol. The molecule has 1 heterocycles. The highest BCUT2D eigenvalue weighted by Crippen LogP contribution is 2.59. The van der Waals surface area contributed by atoms with E-state index in [1.807, 2.05) is 0 Å². The van der Waals surface area contributed by atoms with Crippen molar-refractivity contribution in [3.8, 4) is 35.3 Å². The number of amides is 2. The second-order valence-electron chi connectivity index (χ2n) is 11.5. The molecule has 2 N–H and O–H groups in total. The summed E-state index contributed by atoms with van der Waals surface area (Å²) >= 11 is 0. The Bertz CT molecular complexity index is 1840. The van der Waals surface area contributed by atoms with Gasteiger partial charge in [-0.15, -0.1) is 12.3 Å². The number of nitrogens with zero attached hydrogens (tertiary/aromatic N) is 2. The number of ether oxygens (including phenoxy) is 3. The molecular formula is C37H38F2N4O5. The third-order valence-corrected chi connectivity index (χ3v) is 8.80. The topological polar surface area (TPSA) is 102 Å². The maximum Gasteiger partial charge on any atom is 0.241 e. The van der Waals surface area contributed by atoms with Crippen molar-refractivity contribution in [3.05, 3.63) is 78.5 Å². The minimum atomic E-state index is -1.59. The van der Waals surface area contributed by atoms with E-state index in [-0.39, 0.29) is 11.4 Å². The van der Waals surface area contributed by atoms with Crippen LogP contribution in [0.2, 0.25) is 0 Å². The van der Waals surface area contributed by atoms with Crippen molar-refractivity contribution in [2.45, 2.75) is 27.2 Å². The highest BCUT2D eigenvalue weighted by molar-refractivity contribution is 6.18. The Morgan fingerprint density at radius 2 is 1.62 bits per heavy atom. The molecule has 1 aromatic heterocycles. The zero-order valence-electron chi connectivity index (χ0n) is 27.3. The second kappa shape index (κ2) is 14.7. The van der Waals surface area contributed by atoms with E-state index < -0.39 is 40.7 Å². The maximum absolute atomic E-state index is 15.4. The molecule has 48 heavy (non-hydrogen) atoms. The number of benzene rings is 3. The van der Waals surface area contributed by atoms with E-state index >= 15 is 4.39 Å². The van der Waals surface area contributed by atoms with E-state index in [1.165, 1.54) is 43.5 Å². The number of terminal acetylenes is 1. The van der Waals surface area contributed by atoms with Crippen LogP contribution < -0.4 is 24.8 Å². The van der Waals surface area contributed by atoms with Crippen molar-refractivity contribution in [1.82, 2.24) is 9.88 Å². The monoisotopic (exact) mass is 656 g/mol. The Hall–Kier alpha value is -5.21. The van der Waals surface area contributed by atoms with Crippen LogP contribution in [0.1, 0.15) is 27.2 Å². The summed E-state index contributed by atoms with van der Waals surface area (Å²) in [5.41, 5.74) is -0.593. The van der Waals surface area contributed by atoms with E-state index in [0.29, 0.717) is 40.4 Å². The molecule has 3 aromatic carbocycles. The normalized spacial score (nSPS) is 18.2. The minimum absolute atomic E-state index is 0.0961. The number of hydrogen-bond acceptors (Lipinski definition) is 7. The van der Waals surface area contributed by atoms with E-state index in [4.69, 9.17) is 20.6 Å². The van der Waals surface area contributed by atoms with Gasteiger partial charge in [0.1, 0.15) is 17.0 Å². The highest BCUT2D eigenvalue weighted by atomic mass is 19.1. The summed E-state index contributed by atoms with van der Waals surface area (Å²) in [6, 6.07) is 14.2. The zero-order valence-corrected chi connectivity index (χ0v) is 27.3. The predicted octanol–water partition coefficient (Wildman–Crippen LogP) is 6.89. The van der Waals surface area contributed by atoms with Gasteiger partial charge in [-0.2, -0.15) is 0 Å². The smallest absolute Gasteiger partial charge is 0.241 e. The molecule has 1 aliphatic rings. The van der Waals surface area contributed by atoms with Crippen LogP contribution in [-0.4, -0.2) is 55.0 Å². The fraction of sp³-hybridized carbons (Fsp3) is 0.324. The van der Waals surface area contributed by atoms with Gasteiger partial charge in [-0.3, -0.25) is 14.6 Å². The first-order valence-corrected chi connectivity index (χ1v) is 15.8. The molecule has 1 saturated carbocycles. The van der Waals surface area contributed by atoms with Gasteiger partial charge in [-0.05, 0) is 74.0 Å². The van der Waals surface area contributed by atoms with Crippen molar-refractivity contribution in [1.29, 1.82) is 0 Å². The summed E-state index contributed by atoms with van der Waals surface area (Å²) in [7, 11) is 1.54. The van der Waals surface area contributed by atoms with E-state index in [1.54, 1.807) is 31.3 Å². The molecule has 0 radical (unpaired) electrons. The van der Waals surface area contributed by atoms with Crippen LogP contribution >= 0.6 is 0 Å². The molecule has 1 unspecified atom stereocenters. The largest absolute Gasteiger partial charge is 0.493 e. The van der Waals surface area contributed by atoms with Gasteiger partial charge in [0.05, 0.1) is 19.2 Å². The van der Waals surface area contributed by atoms with E-state index in [0.717, 1.165) is 32.1 Å². The third kappa shape index (κ3) is 6.89. The number of nitrogens with one attached hydrogen (secondary N) is 2. The molecule has 0 spiro atoms. The van der Waals surface area contributed by atoms with Crippen LogP contribution in [0.5, 0.6) is 23.0 Å². The fourth-order valence-electron chi connectivity index (χ4n) is 5.92. The van der Waals surface area contributed by atoms with Gasteiger partial charge in [0, 0.05) is 47.6 Å².